The molecule has 11 heteroatoms. The van der Waals surface area contributed by atoms with Crippen LogP contribution < -0.4 is 5.32 Å². The average molecular weight is 549 g/mol. The summed E-state index contributed by atoms with van der Waals surface area (Å²) in [6, 6.07) is 6.36. The lowest BCUT2D eigenvalue weighted by Gasteiger charge is -2.38. The molecule has 1 saturated carbocycles. The minimum absolute atomic E-state index is 0.0232. The van der Waals surface area contributed by atoms with Gasteiger partial charge in [-0.25, -0.2) is 15.0 Å². The first kappa shape index (κ1) is 28.0. The molecule has 0 aliphatic heterocycles. The fraction of sp³-hybridized carbons (Fsp3) is 0.481. The Bertz CT molecular complexity index is 1270. The molecule has 1 fully saturated rings. The highest BCUT2D eigenvalue weighted by atomic mass is 32.1. The molecule has 1 aromatic carbocycles. The van der Waals surface area contributed by atoms with Crippen molar-refractivity contribution in [2.45, 2.75) is 64.7 Å². The lowest BCUT2D eigenvalue weighted by atomic mass is 9.72. The number of anilines is 2. The largest absolute Gasteiger partial charge is 0.466 e. The molecule has 4 rings (SSSR count). The first-order chi connectivity index (χ1) is 18.0. The van der Waals surface area contributed by atoms with Crippen molar-refractivity contribution in [1.82, 2.24) is 15.0 Å². The molecule has 1 aliphatic rings. The molecule has 2 N–H and O–H groups in total. The Morgan fingerprint density at radius 3 is 2.55 bits per heavy atom. The second kappa shape index (κ2) is 11.4. The first-order valence-electron chi connectivity index (χ1n) is 12.7. The molecule has 0 amide bonds. The summed E-state index contributed by atoms with van der Waals surface area (Å²) in [5.41, 5.74) is 0.101. The predicted octanol–water partition coefficient (Wildman–Crippen LogP) is 6.64. The number of halogens is 3. The maximum atomic E-state index is 13.0. The van der Waals surface area contributed by atoms with Crippen LogP contribution in [0, 0.1) is 18.8 Å². The second-order valence-corrected chi connectivity index (χ2v) is 10.6. The van der Waals surface area contributed by atoms with Gasteiger partial charge in [-0.3, -0.25) is 4.79 Å². The molecule has 7 nitrogen and oxygen atoms in total. The van der Waals surface area contributed by atoms with E-state index in [1.165, 1.54) is 11.3 Å². The third-order valence-electron chi connectivity index (χ3n) is 7.00. The topological polar surface area (TPSA) is 97.2 Å². The second-order valence-electron chi connectivity index (χ2n) is 9.58. The monoisotopic (exact) mass is 548 g/mol. The predicted molar refractivity (Wildman–Crippen MR) is 139 cm³/mol. The number of nitrogens with zero attached hydrogens (tertiary/aromatic N) is 3. The average Bonchev–Trinajstić information content (AvgIpc) is 3.39. The minimum atomic E-state index is -4.57. The smallest absolute Gasteiger partial charge is 0.433 e. The van der Waals surface area contributed by atoms with Crippen LogP contribution >= 0.6 is 11.3 Å². The number of nitrogens with one attached hydrogen (secondary N) is 1. The molecule has 1 atom stereocenters. The lowest BCUT2D eigenvalue weighted by molar-refractivity contribution is -0.150. The Balaban J connectivity index is 1.53. The summed E-state index contributed by atoms with van der Waals surface area (Å²) >= 11 is 1.40. The number of ether oxygens (including phenoxy) is 1. The standard InChI is InChI=1S/C27H31F3N4O3S/c1-4-26(36,19-8-6-17(7-9-19)23(35)37-5-2)24-32-15-21(38-24)18-12-16(3)13-20(14-18)33-25-31-11-10-22(34-25)27(28,29)30/h10-15,17,19,36H,4-9H2,1-3H3,(H,31,33,34). The van der Waals surface area contributed by atoms with Gasteiger partial charge in [0.2, 0.25) is 5.95 Å². The Morgan fingerprint density at radius 2 is 1.89 bits per heavy atom. The number of hydrogen-bond acceptors (Lipinski definition) is 8. The van der Waals surface area contributed by atoms with Crippen LogP contribution in [0.1, 0.15) is 62.2 Å². The van der Waals surface area contributed by atoms with Crippen molar-refractivity contribution in [3.8, 4) is 10.4 Å². The quantitative estimate of drug-likeness (QED) is 0.305. The fourth-order valence-corrected chi connectivity index (χ4v) is 6.14. The molecule has 0 spiro atoms. The summed E-state index contributed by atoms with van der Waals surface area (Å²) in [5, 5.41) is 15.2. The highest BCUT2D eigenvalue weighted by Gasteiger charge is 2.42. The zero-order chi connectivity index (χ0) is 27.5. The van der Waals surface area contributed by atoms with Crippen LogP contribution in [0.5, 0.6) is 0 Å². The number of hydrogen-bond donors (Lipinski definition) is 2. The number of aliphatic hydroxyl groups is 1. The van der Waals surface area contributed by atoms with Gasteiger partial charge in [0.25, 0.3) is 0 Å². The SMILES string of the molecule is CCOC(=O)C1CCC(C(O)(CC)c2ncc(-c3cc(C)cc(Nc4nccc(C(F)(F)F)n4)c3)s2)CC1. The van der Waals surface area contributed by atoms with E-state index < -0.39 is 17.5 Å². The highest BCUT2D eigenvalue weighted by Crippen LogP contribution is 2.45. The van der Waals surface area contributed by atoms with Gasteiger partial charge in [-0.15, -0.1) is 11.3 Å². The minimum Gasteiger partial charge on any atom is -0.466 e. The molecule has 2 aromatic heterocycles. The van der Waals surface area contributed by atoms with E-state index in [4.69, 9.17) is 4.74 Å². The van der Waals surface area contributed by atoms with E-state index in [1.54, 1.807) is 25.3 Å². The van der Waals surface area contributed by atoms with Gasteiger partial charge in [-0.05, 0) is 81.2 Å². The Hall–Kier alpha value is -3.05. The van der Waals surface area contributed by atoms with E-state index in [0.29, 0.717) is 49.4 Å². The van der Waals surface area contributed by atoms with Crippen molar-refractivity contribution in [2.75, 3.05) is 11.9 Å². The van der Waals surface area contributed by atoms with Gasteiger partial charge in [0, 0.05) is 18.1 Å². The molecule has 38 heavy (non-hydrogen) atoms. The Kier molecular flexibility index (Phi) is 8.37. The van der Waals surface area contributed by atoms with Crippen LogP contribution in [0.15, 0.2) is 36.7 Å². The number of carbonyl (C=O) groups is 1. The maximum Gasteiger partial charge on any atom is 0.433 e. The van der Waals surface area contributed by atoms with Crippen LogP contribution in [0.25, 0.3) is 10.4 Å². The summed E-state index contributed by atoms with van der Waals surface area (Å²) in [6.07, 6.45) is 1.46. The molecular formula is C27H31F3N4O3S. The van der Waals surface area contributed by atoms with Gasteiger partial charge in [0.1, 0.15) is 16.3 Å². The first-order valence-corrected chi connectivity index (χ1v) is 13.5. The van der Waals surface area contributed by atoms with Crippen LogP contribution in [0.4, 0.5) is 24.8 Å². The van der Waals surface area contributed by atoms with Crippen molar-refractivity contribution in [1.29, 1.82) is 0 Å². The third-order valence-corrected chi connectivity index (χ3v) is 8.21. The molecule has 1 unspecified atom stereocenters. The van der Waals surface area contributed by atoms with Gasteiger partial charge in [0.15, 0.2) is 0 Å². The molecule has 0 radical (unpaired) electrons. The van der Waals surface area contributed by atoms with Crippen molar-refractivity contribution in [2.24, 2.45) is 11.8 Å². The van der Waals surface area contributed by atoms with Crippen LogP contribution in [-0.2, 0) is 21.3 Å². The number of esters is 1. The zero-order valence-electron chi connectivity index (χ0n) is 21.5. The molecule has 0 saturated heterocycles. The van der Waals surface area contributed by atoms with Crippen molar-refractivity contribution in [3.63, 3.8) is 0 Å². The number of benzene rings is 1. The van der Waals surface area contributed by atoms with Crippen molar-refractivity contribution in [3.05, 3.63) is 52.9 Å². The lowest BCUT2D eigenvalue weighted by Crippen LogP contribution is -2.38. The van der Waals surface area contributed by atoms with E-state index >= 15 is 0 Å². The number of thiazole rings is 1. The van der Waals surface area contributed by atoms with Gasteiger partial charge >= 0.3 is 12.1 Å². The van der Waals surface area contributed by atoms with E-state index in [-0.39, 0.29) is 23.8 Å². The Morgan fingerprint density at radius 1 is 1.16 bits per heavy atom. The number of carbonyl (C=O) groups excluding carboxylic acids is 1. The van der Waals surface area contributed by atoms with Crippen LogP contribution in [-0.4, -0.2) is 32.6 Å². The van der Waals surface area contributed by atoms with Gasteiger partial charge in [-0.2, -0.15) is 13.2 Å². The van der Waals surface area contributed by atoms with Crippen molar-refractivity contribution >= 4 is 28.9 Å². The summed E-state index contributed by atoms with van der Waals surface area (Å²) in [4.78, 5) is 25.0. The van der Waals surface area contributed by atoms with E-state index in [9.17, 15) is 23.1 Å². The normalized spacial score (nSPS) is 19.6. The van der Waals surface area contributed by atoms with Gasteiger partial charge < -0.3 is 15.2 Å². The van der Waals surface area contributed by atoms with E-state index in [1.807, 2.05) is 19.9 Å². The summed E-state index contributed by atoms with van der Waals surface area (Å²) in [5.74, 6) is -0.467. The van der Waals surface area contributed by atoms with Crippen LogP contribution in [0.2, 0.25) is 0 Å². The highest BCUT2D eigenvalue weighted by molar-refractivity contribution is 7.15. The number of aryl methyl sites for hydroxylation is 1. The molecule has 1 aliphatic carbocycles. The summed E-state index contributed by atoms with van der Waals surface area (Å²) in [7, 11) is 0. The van der Waals surface area contributed by atoms with Gasteiger partial charge in [-0.1, -0.05) is 13.0 Å². The number of alkyl halides is 3. The van der Waals surface area contributed by atoms with Crippen LogP contribution in [0.3, 0.4) is 0 Å². The number of rotatable bonds is 8. The molecule has 204 valence electrons. The maximum absolute atomic E-state index is 13.0. The summed E-state index contributed by atoms with van der Waals surface area (Å²) < 4.78 is 44.3. The zero-order valence-corrected chi connectivity index (χ0v) is 22.3. The molecule has 2 heterocycles. The molecule has 3 aromatic rings. The molecule has 0 bridgehead atoms. The van der Waals surface area contributed by atoms with E-state index in [0.717, 1.165) is 28.3 Å². The van der Waals surface area contributed by atoms with E-state index in [2.05, 4.69) is 20.3 Å². The fourth-order valence-electron chi connectivity index (χ4n) is 4.99. The van der Waals surface area contributed by atoms with Crippen molar-refractivity contribution < 1.29 is 27.8 Å². The summed E-state index contributed by atoms with van der Waals surface area (Å²) in [6.45, 7) is 5.98. The third kappa shape index (κ3) is 6.15. The number of aromatic nitrogens is 3. The van der Waals surface area contributed by atoms with Gasteiger partial charge in [0.05, 0.1) is 17.4 Å². The molecular weight excluding hydrogens is 517 g/mol. The Labute approximate surface area is 223 Å².